The Balaban J connectivity index is 1.64. The highest BCUT2D eigenvalue weighted by molar-refractivity contribution is 7.91. The van der Waals surface area contributed by atoms with E-state index in [9.17, 15) is 13.2 Å². The lowest BCUT2D eigenvalue weighted by Crippen LogP contribution is -2.17. The van der Waals surface area contributed by atoms with E-state index < -0.39 is 9.84 Å². The van der Waals surface area contributed by atoms with Crippen molar-refractivity contribution < 1.29 is 13.2 Å². The lowest BCUT2D eigenvalue weighted by Gasteiger charge is -2.07. The number of benzene rings is 2. The highest BCUT2D eigenvalue weighted by atomic mass is 32.2. The Morgan fingerprint density at radius 2 is 1.84 bits per heavy atom. The number of rotatable bonds is 5. The maximum absolute atomic E-state index is 12.3. The molecule has 130 valence electrons. The number of aryl methyl sites for hydroxylation is 2. The molecule has 1 N–H and O–H groups in total. The van der Waals surface area contributed by atoms with Crippen LogP contribution < -0.4 is 5.32 Å². The van der Waals surface area contributed by atoms with Crippen molar-refractivity contribution in [1.82, 2.24) is 4.98 Å². The first-order valence-corrected chi connectivity index (χ1v) is 10.3. The topological polar surface area (TPSA) is 76.1 Å². The molecule has 0 radical (unpaired) electrons. The third-order valence-corrected chi connectivity index (χ3v) is 6.44. The van der Waals surface area contributed by atoms with Gasteiger partial charge in [-0.25, -0.2) is 13.4 Å². The first-order chi connectivity index (χ1) is 11.8. The molecule has 3 aromatic rings. The number of sulfone groups is 1. The van der Waals surface area contributed by atoms with Gasteiger partial charge in [0.05, 0.1) is 25.9 Å². The van der Waals surface area contributed by atoms with Crippen LogP contribution in [-0.2, 0) is 14.6 Å². The smallest absolute Gasteiger partial charge is 0.225 e. The van der Waals surface area contributed by atoms with Gasteiger partial charge in [-0.2, -0.15) is 0 Å². The molecule has 0 saturated carbocycles. The fourth-order valence-corrected chi connectivity index (χ4v) is 4.48. The molecular formula is C18H18N2O3S2. The van der Waals surface area contributed by atoms with Crippen molar-refractivity contribution in [3.63, 3.8) is 0 Å². The van der Waals surface area contributed by atoms with Crippen molar-refractivity contribution in [2.24, 2.45) is 0 Å². The predicted molar refractivity (Wildman–Crippen MR) is 101 cm³/mol. The van der Waals surface area contributed by atoms with Gasteiger partial charge in [-0.1, -0.05) is 17.7 Å². The number of hydrogen-bond acceptors (Lipinski definition) is 5. The van der Waals surface area contributed by atoms with Gasteiger partial charge < -0.3 is 5.32 Å². The first kappa shape index (κ1) is 17.6. The van der Waals surface area contributed by atoms with Gasteiger partial charge in [0.15, 0.2) is 9.84 Å². The maximum Gasteiger partial charge on any atom is 0.225 e. The van der Waals surface area contributed by atoms with Gasteiger partial charge in [-0.3, -0.25) is 4.79 Å². The second kappa shape index (κ2) is 6.93. The van der Waals surface area contributed by atoms with Crippen LogP contribution in [0.3, 0.4) is 0 Å². The summed E-state index contributed by atoms with van der Waals surface area (Å²) in [7, 11) is -3.47. The van der Waals surface area contributed by atoms with Crippen molar-refractivity contribution in [3.8, 4) is 0 Å². The number of amides is 1. The average Bonchev–Trinajstić information content (AvgIpc) is 2.93. The Kier molecular flexibility index (Phi) is 4.87. The zero-order valence-electron chi connectivity index (χ0n) is 13.9. The molecule has 0 aliphatic carbocycles. The van der Waals surface area contributed by atoms with E-state index in [-0.39, 0.29) is 23.0 Å². The van der Waals surface area contributed by atoms with Crippen LogP contribution in [0.4, 0.5) is 5.69 Å². The minimum atomic E-state index is -3.47. The van der Waals surface area contributed by atoms with Crippen molar-refractivity contribution in [2.75, 3.05) is 11.1 Å². The molecule has 3 rings (SSSR count). The van der Waals surface area contributed by atoms with Crippen molar-refractivity contribution in [2.45, 2.75) is 25.2 Å². The highest BCUT2D eigenvalue weighted by Crippen LogP contribution is 2.24. The van der Waals surface area contributed by atoms with Gasteiger partial charge >= 0.3 is 0 Å². The van der Waals surface area contributed by atoms with Gasteiger partial charge in [0.2, 0.25) is 5.91 Å². The minimum absolute atomic E-state index is 0.0929. The Morgan fingerprint density at radius 1 is 1.12 bits per heavy atom. The summed E-state index contributed by atoms with van der Waals surface area (Å²) < 4.78 is 25.6. The van der Waals surface area contributed by atoms with E-state index in [0.717, 1.165) is 20.8 Å². The molecule has 0 bridgehead atoms. The van der Waals surface area contributed by atoms with Crippen LogP contribution in [0.2, 0.25) is 0 Å². The highest BCUT2D eigenvalue weighted by Gasteiger charge is 2.16. The minimum Gasteiger partial charge on any atom is -0.326 e. The van der Waals surface area contributed by atoms with E-state index in [1.54, 1.807) is 47.7 Å². The number of nitrogens with one attached hydrogen (secondary N) is 1. The number of fused-ring (bicyclic) bond motifs is 1. The Morgan fingerprint density at radius 3 is 2.56 bits per heavy atom. The van der Waals surface area contributed by atoms with Gasteiger partial charge in [-0.15, -0.1) is 11.3 Å². The molecule has 1 heterocycles. The molecule has 0 unspecified atom stereocenters. The fraction of sp³-hybridized carbons (Fsp3) is 0.222. The van der Waals surface area contributed by atoms with Crippen LogP contribution in [0.15, 0.2) is 47.4 Å². The number of carbonyl (C=O) groups excluding carboxylic acids is 1. The lowest BCUT2D eigenvalue weighted by molar-refractivity contribution is -0.115. The van der Waals surface area contributed by atoms with Crippen LogP contribution >= 0.6 is 11.3 Å². The van der Waals surface area contributed by atoms with Crippen LogP contribution in [0, 0.1) is 13.8 Å². The molecule has 7 heteroatoms. The molecule has 1 amide bonds. The Labute approximate surface area is 150 Å². The van der Waals surface area contributed by atoms with Crippen LogP contribution in [0.1, 0.15) is 17.0 Å². The molecule has 0 spiro atoms. The summed E-state index contributed by atoms with van der Waals surface area (Å²) in [4.78, 5) is 16.7. The van der Waals surface area contributed by atoms with Crippen molar-refractivity contribution in [3.05, 3.63) is 53.0 Å². The zero-order valence-corrected chi connectivity index (χ0v) is 15.6. The molecule has 0 atom stereocenters. The van der Waals surface area contributed by atoms with Crippen LogP contribution in [0.5, 0.6) is 0 Å². The van der Waals surface area contributed by atoms with Gasteiger partial charge in [0, 0.05) is 12.1 Å². The zero-order chi connectivity index (χ0) is 18.0. The summed E-state index contributed by atoms with van der Waals surface area (Å²) in [5.41, 5.74) is 2.44. The van der Waals surface area contributed by atoms with E-state index in [2.05, 4.69) is 10.3 Å². The second-order valence-electron chi connectivity index (χ2n) is 5.85. The van der Waals surface area contributed by atoms with Crippen LogP contribution in [0.25, 0.3) is 10.2 Å². The second-order valence-corrected chi connectivity index (χ2v) is 9.19. The van der Waals surface area contributed by atoms with E-state index in [1.165, 1.54) is 0 Å². The standard InChI is InChI=1S/C18H18N2O3S2/c1-12-3-6-15(7-4-12)25(22,23)10-9-18(21)20-14-5-8-17-16(11-14)19-13(2)24-17/h3-8,11H,9-10H2,1-2H3,(H,20,21). The summed E-state index contributed by atoms with van der Waals surface area (Å²) in [5.74, 6) is -0.554. The first-order valence-electron chi connectivity index (χ1n) is 7.80. The molecule has 25 heavy (non-hydrogen) atoms. The summed E-state index contributed by atoms with van der Waals surface area (Å²) in [5, 5.41) is 3.70. The Hall–Kier alpha value is -2.25. The number of carbonyl (C=O) groups is 1. The molecule has 0 fully saturated rings. The summed E-state index contributed by atoms with van der Waals surface area (Å²) in [6, 6.07) is 12.1. The largest absolute Gasteiger partial charge is 0.326 e. The lowest BCUT2D eigenvalue weighted by atomic mass is 10.2. The number of hydrogen-bond donors (Lipinski definition) is 1. The molecule has 0 saturated heterocycles. The molecule has 0 aliphatic heterocycles. The molecular weight excluding hydrogens is 356 g/mol. The molecule has 2 aromatic carbocycles. The van der Waals surface area contributed by atoms with Crippen LogP contribution in [-0.4, -0.2) is 25.1 Å². The number of thiazole rings is 1. The maximum atomic E-state index is 12.3. The quantitative estimate of drug-likeness (QED) is 0.738. The van der Waals surface area contributed by atoms with E-state index in [1.807, 2.05) is 19.9 Å². The number of aromatic nitrogens is 1. The summed E-state index contributed by atoms with van der Waals surface area (Å²) >= 11 is 1.59. The summed E-state index contributed by atoms with van der Waals surface area (Å²) in [6.07, 6.45) is -0.0929. The van der Waals surface area contributed by atoms with Crippen molar-refractivity contribution in [1.29, 1.82) is 0 Å². The third-order valence-electron chi connectivity index (χ3n) is 3.76. The SMILES string of the molecule is Cc1ccc(S(=O)(=O)CCC(=O)Nc2ccc3sc(C)nc3c2)cc1. The average molecular weight is 374 g/mol. The van der Waals surface area contributed by atoms with Crippen molar-refractivity contribution >= 4 is 43.0 Å². The Bertz CT molecular complexity index is 1020. The molecule has 1 aromatic heterocycles. The van der Waals surface area contributed by atoms with Gasteiger partial charge in [0.25, 0.3) is 0 Å². The number of anilines is 1. The monoisotopic (exact) mass is 374 g/mol. The van der Waals surface area contributed by atoms with E-state index in [4.69, 9.17) is 0 Å². The predicted octanol–water partition coefficient (Wildman–Crippen LogP) is 3.72. The fourth-order valence-electron chi connectivity index (χ4n) is 2.43. The van der Waals surface area contributed by atoms with Gasteiger partial charge in [-0.05, 0) is 44.2 Å². The van der Waals surface area contributed by atoms with Gasteiger partial charge in [0.1, 0.15) is 0 Å². The van der Waals surface area contributed by atoms with E-state index >= 15 is 0 Å². The normalized spacial score (nSPS) is 11.6. The summed E-state index contributed by atoms with van der Waals surface area (Å²) in [6.45, 7) is 3.82. The third kappa shape index (κ3) is 4.24. The molecule has 5 nitrogen and oxygen atoms in total. The molecule has 0 aliphatic rings. The number of nitrogens with zero attached hydrogens (tertiary/aromatic N) is 1. The van der Waals surface area contributed by atoms with E-state index in [0.29, 0.717) is 5.69 Å².